The monoisotopic (exact) mass is 372 g/mol. The number of non-ortho nitro benzene ring substituents is 1. The van der Waals surface area contributed by atoms with Gasteiger partial charge in [-0.1, -0.05) is 13.0 Å². The number of hydrogen-bond acceptors (Lipinski definition) is 6. The predicted molar refractivity (Wildman–Crippen MR) is 99.6 cm³/mol. The van der Waals surface area contributed by atoms with Crippen LogP contribution in [0.5, 0.6) is 11.5 Å². The number of anilines is 1. The van der Waals surface area contributed by atoms with Crippen LogP contribution < -0.4 is 14.8 Å². The number of aldehydes is 1. The molecule has 0 heterocycles. The number of benzene rings is 2. The summed E-state index contributed by atoms with van der Waals surface area (Å²) in [5, 5.41) is 13.4. The maximum atomic E-state index is 12.2. The van der Waals surface area contributed by atoms with Crippen LogP contribution in [-0.2, 0) is 4.79 Å². The Kier molecular flexibility index (Phi) is 6.87. The molecule has 0 fully saturated rings. The minimum absolute atomic E-state index is 0.124. The van der Waals surface area contributed by atoms with Gasteiger partial charge in [-0.05, 0) is 31.0 Å². The van der Waals surface area contributed by atoms with E-state index in [2.05, 4.69) is 5.32 Å². The minimum Gasteiger partial charge on any atom is -0.493 e. The van der Waals surface area contributed by atoms with Gasteiger partial charge in [0.1, 0.15) is 11.5 Å². The van der Waals surface area contributed by atoms with E-state index in [1.54, 1.807) is 31.2 Å². The average molecular weight is 372 g/mol. The van der Waals surface area contributed by atoms with Gasteiger partial charge in [-0.2, -0.15) is 0 Å². The van der Waals surface area contributed by atoms with Crippen molar-refractivity contribution >= 4 is 23.6 Å². The third kappa shape index (κ3) is 5.53. The molecule has 1 N–H and O–H groups in total. The highest BCUT2D eigenvalue weighted by atomic mass is 16.6. The number of aryl methyl sites for hydroxylation is 1. The molecule has 0 unspecified atom stereocenters. The van der Waals surface area contributed by atoms with E-state index in [4.69, 9.17) is 9.47 Å². The van der Waals surface area contributed by atoms with Crippen molar-refractivity contribution in [1.29, 1.82) is 0 Å². The zero-order valence-corrected chi connectivity index (χ0v) is 15.1. The van der Waals surface area contributed by atoms with Gasteiger partial charge in [-0.15, -0.1) is 0 Å². The number of amides is 1. The SMILES string of the molecule is CCCOc1ccc(C=O)c(OCC(=O)Nc2cc([N+](=O)[O-])ccc2C)c1. The average Bonchev–Trinajstić information content (AvgIpc) is 2.66. The van der Waals surface area contributed by atoms with E-state index < -0.39 is 10.8 Å². The maximum absolute atomic E-state index is 12.2. The van der Waals surface area contributed by atoms with Crippen LogP contribution in [0.3, 0.4) is 0 Å². The third-order valence-electron chi connectivity index (χ3n) is 3.65. The first kappa shape index (κ1) is 19.9. The van der Waals surface area contributed by atoms with Crippen molar-refractivity contribution in [3.05, 3.63) is 57.6 Å². The van der Waals surface area contributed by atoms with Gasteiger partial charge >= 0.3 is 0 Å². The first-order valence-electron chi connectivity index (χ1n) is 8.34. The molecule has 27 heavy (non-hydrogen) atoms. The van der Waals surface area contributed by atoms with E-state index in [9.17, 15) is 19.7 Å². The summed E-state index contributed by atoms with van der Waals surface area (Å²) in [7, 11) is 0. The molecule has 0 aromatic heterocycles. The highest BCUT2D eigenvalue weighted by Crippen LogP contribution is 2.25. The Labute approximate surface area is 156 Å². The van der Waals surface area contributed by atoms with Crippen LogP contribution in [-0.4, -0.2) is 30.3 Å². The second-order valence-corrected chi connectivity index (χ2v) is 5.76. The first-order valence-corrected chi connectivity index (χ1v) is 8.34. The zero-order chi connectivity index (χ0) is 19.8. The summed E-state index contributed by atoms with van der Waals surface area (Å²) < 4.78 is 10.9. The fourth-order valence-electron chi connectivity index (χ4n) is 2.23. The van der Waals surface area contributed by atoms with Gasteiger partial charge in [-0.25, -0.2) is 0 Å². The molecular weight excluding hydrogens is 352 g/mol. The van der Waals surface area contributed by atoms with Crippen LogP contribution in [0.4, 0.5) is 11.4 Å². The number of nitro groups is 1. The highest BCUT2D eigenvalue weighted by Gasteiger charge is 2.13. The van der Waals surface area contributed by atoms with Crippen molar-refractivity contribution in [2.24, 2.45) is 0 Å². The lowest BCUT2D eigenvalue weighted by Gasteiger charge is -2.12. The largest absolute Gasteiger partial charge is 0.493 e. The smallest absolute Gasteiger partial charge is 0.271 e. The van der Waals surface area contributed by atoms with Crippen molar-refractivity contribution in [3.8, 4) is 11.5 Å². The number of carbonyl (C=O) groups is 2. The molecule has 0 saturated heterocycles. The molecule has 0 aliphatic rings. The summed E-state index contributed by atoms with van der Waals surface area (Å²) in [5.74, 6) is 0.257. The molecular formula is C19H20N2O6. The van der Waals surface area contributed by atoms with Crippen LogP contribution in [0, 0.1) is 17.0 Å². The molecule has 8 heteroatoms. The van der Waals surface area contributed by atoms with Gasteiger partial charge in [0.05, 0.1) is 22.8 Å². The Morgan fingerprint density at radius 2 is 2.00 bits per heavy atom. The zero-order valence-electron chi connectivity index (χ0n) is 15.1. The summed E-state index contributed by atoms with van der Waals surface area (Å²) in [4.78, 5) is 33.6. The van der Waals surface area contributed by atoms with E-state index in [1.165, 1.54) is 12.1 Å². The van der Waals surface area contributed by atoms with Crippen molar-refractivity contribution in [1.82, 2.24) is 0 Å². The normalized spacial score (nSPS) is 10.1. The lowest BCUT2D eigenvalue weighted by molar-refractivity contribution is -0.384. The molecule has 1 amide bonds. The summed E-state index contributed by atoms with van der Waals surface area (Å²) >= 11 is 0. The molecule has 0 aliphatic heterocycles. The van der Waals surface area contributed by atoms with Crippen molar-refractivity contribution in [2.75, 3.05) is 18.5 Å². The Morgan fingerprint density at radius 3 is 2.67 bits per heavy atom. The molecule has 0 aliphatic carbocycles. The minimum atomic E-state index is -0.538. The molecule has 2 rings (SSSR count). The Bertz CT molecular complexity index is 850. The standard InChI is InChI=1S/C19H20N2O6/c1-3-8-26-16-7-5-14(11-22)18(10-16)27-12-19(23)20-17-9-15(21(24)25)6-4-13(17)2/h4-7,9-11H,3,8,12H2,1-2H3,(H,20,23). The second kappa shape index (κ2) is 9.33. The number of nitrogens with one attached hydrogen (secondary N) is 1. The van der Waals surface area contributed by atoms with Gasteiger partial charge < -0.3 is 14.8 Å². The van der Waals surface area contributed by atoms with Gasteiger partial charge in [0, 0.05) is 18.2 Å². The third-order valence-corrected chi connectivity index (χ3v) is 3.65. The summed E-state index contributed by atoms with van der Waals surface area (Å²) in [5.41, 5.74) is 1.17. The van der Waals surface area contributed by atoms with Gasteiger partial charge in [0.2, 0.25) is 0 Å². The number of carbonyl (C=O) groups excluding carboxylic acids is 2. The fraction of sp³-hybridized carbons (Fsp3) is 0.263. The number of nitro benzene ring substituents is 1. The summed E-state index contributed by atoms with van der Waals surface area (Å²) in [6.45, 7) is 3.85. The maximum Gasteiger partial charge on any atom is 0.271 e. The molecule has 0 atom stereocenters. The summed E-state index contributed by atoms with van der Waals surface area (Å²) in [6.07, 6.45) is 1.46. The molecule has 2 aromatic rings. The number of hydrogen-bond donors (Lipinski definition) is 1. The topological polar surface area (TPSA) is 108 Å². The molecule has 0 radical (unpaired) electrons. The molecule has 8 nitrogen and oxygen atoms in total. The summed E-state index contributed by atoms with van der Waals surface area (Å²) in [6, 6.07) is 8.94. The fourth-order valence-corrected chi connectivity index (χ4v) is 2.23. The van der Waals surface area contributed by atoms with Crippen LogP contribution >= 0.6 is 0 Å². The van der Waals surface area contributed by atoms with Gasteiger partial charge in [0.15, 0.2) is 12.9 Å². The highest BCUT2D eigenvalue weighted by molar-refractivity contribution is 5.93. The van der Waals surface area contributed by atoms with Crippen molar-refractivity contribution in [2.45, 2.75) is 20.3 Å². The van der Waals surface area contributed by atoms with Crippen molar-refractivity contribution in [3.63, 3.8) is 0 Å². The second-order valence-electron chi connectivity index (χ2n) is 5.76. The molecule has 0 spiro atoms. The van der Waals surface area contributed by atoms with Gasteiger partial charge in [-0.3, -0.25) is 19.7 Å². The van der Waals surface area contributed by atoms with Crippen LogP contribution in [0.15, 0.2) is 36.4 Å². The Morgan fingerprint density at radius 1 is 1.22 bits per heavy atom. The van der Waals surface area contributed by atoms with Crippen LogP contribution in [0.1, 0.15) is 29.3 Å². The van der Waals surface area contributed by atoms with Crippen LogP contribution in [0.25, 0.3) is 0 Å². The number of rotatable bonds is 9. The Balaban J connectivity index is 2.06. The first-order chi connectivity index (χ1) is 12.9. The van der Waals surface area contributed by atoms with Gasteiger partial charge in [0.25, 0.3) is 11.6 Å². The quantitative estimate of drug-likeness (QED) is 0.410. The molecule has 0 saturated carbocycles. The molecule has 0 bridgehead atoms. The Hall–Kier alpha value is -3.42. The van der Waals surface area contributed by atoms with E-state index in [0.29, 0.717) is 29.9 Å². The molecule has 2 aromatic carbocycles. The van der Waals surface area contributed by atoms with E-state index in [-0.39, 0.29) is 23.6 Å². The lowest BCUT2D eigenvalue weighted by Crippen LogP contribution is -2.21. The predicted octanol–water partition coefficient (Wildman–Crippen LogP) is 3.52. The van der Waals surface area contributed by atoms with Crippen molar-refractivity contribution < 1.29 is 24.0 Å². The number of nitrogens with zero attached hydrogens (tertiary/aromatic N) is 1. The van der Waals surface area contributed by atoms with E-state index in [1.807, 2.05) is 6.92 Å². The molecule has 142 valence electrons. The number of ether oxygens (including phenoxy) is 2. The van der Waals surface area contributed by atoms with Crippen LogP contribution in [0.2, 0.25) is 0 Å². The van der Waals surface area contributed by atoms with E-state index >= 15 is 0 Å². The van der Waals surface area contributed by atoms with E-state index in [0.717, 1.165) is 6.42 Å². The lowest BCUT2D eigenvalue weighted by atomic mass is 10.2.